The zero-order chi connectivity index (χ0) is 29.5. The van der Waals surface area contributed by atoms with Gasteiger partial charge in [-0.3, -0.25) is 14.3 Å². The highest BCUT2D eigenvalue weighted by Gasteiger charge is 2.42. The lowest BCUT2D eigenvalue weighted by atomic mass is 9.80. The number of nitrogens with one attached hydrogen (secondary N) is 1. The van der Waals surface area contributed by atoms with Crippen LogP contribution in [0.2, 0.25) is 0 Å². The molecule has 220 valence electrons. The van der Waals surface area contributed by atoms with Crippen LogP contribution >= 0.6 is 0 Å². The van der Waals surface area contributed by atoms with Gasteiger partial charge >= 0.3 is 5.69 Å². The van der Waals surface area contributed by atoms with Crippen LogP contribution in [-0.4, -0.2) is 60.5 Å². The van der Waals surface area contributed by atoms with Gasteiger partial charge in [-0.25, -0.2) is 4.79 Å². The molecule has 4 aromatic rings. The Morgan fingerprint density at radius 1 is 0.905 bits per heavy atom. The molecule has 1 aliphatic rings. The zero-order valence-electron chi connectivity index (χ0n) is 24.4. The van der Waals surface area contributed by atoms with Crippen molar-refractivity contribution in [1.29, 1.82) is 0 Å². The van der Waals surface area contributed by atoms with E-state index in [2.05, 4.69) is 46.3 Å². The second-order valence-electron chi connectivity index (χ2n) is 11.0. The first-order valence-electron chi connectivity index (χ1n) is 14.4. The van der Waals surface area contributed by atoms with Gasteiger partial charge in [0, 0.05) is 24.8 Å². The van der Waals surface area contributed by atoms with E-state index in [4.69, 9.17) is 14.2 Å². The summed E-state index contributed by atoms with van der Waals surface area (Å²) in [5.74, 6) is 0. The highest BCUT2D eigenvalue weighted by molar-refractivity contribution is 5.47. The zero-order valence-corrected chi connectivity index (χ0v) is 24.4. The normalized spacial score (nSPS) is 18.9. The highest BCUT2D eigenvalue weighted by Crippen LogP contribution is 2.41. The number of aryl methyl sites for hydroxylation is 1. The van der Waals surface area contributed by atoms with Gasteiger partial charge < -0.3 is 19.1 Å². The van der Waals surface area contributed by atoms with Crippen molar-refractivity contribution in [3.8, 4) is 0 Å². The molecule has 0 radical (unpaired) electrons. The SMILES string of the molecule is Cc1cn([C@H]2C[C@H](OCCCN(C)C)[C@@H](COC(c3ccccc3)(c3ccccc3)c3ccccc3)O2)c(=O)[nH]c1=O. The van der Waals surface area contributed by atoms with Gasteiger partial charge in [0.25, 0.3) is 5.56 Å². The number of nitrogens with zero attached hydrogens (tertiary/aromatic N) is 2. The first-order valence-corrected chi connectivity index (χ1v) is 14.4. The fourth-order valence-corrected chi connectivity index (χ4v) is 5.59. The summed E-state index contributed by atoms with van der Waals surface area (Å²) in [4.78, 5) is 29.3. The van der Waals surface area contributed by atoms with E-state index in [-0.39, 0.29) is 12.7 Å². The van der Waals surface area contributed by atoms with Crippen molar-refractivity contribution in [2.75, 3.05) is 33.9 Å². The summed E-state index contributed by atoms with van der Waals surface area (Å²) in [6.45, 7) is 3.34. The van der Waals surface area contributed by atoms with Gasteiger partial charge in [0.05, 0.1) is 12.7 Å². The van der Waals surface area contributed by atoms with E-state index in [1.54, 1.807) is 13.1 Å². The van der Waals surface area contributed by atoms with Crippen molar-refractivity contribution < 1.29 is 14.2 Å². The topological polar surface area (TPSA) is 85.8 Å². The highest BCUT2D eigenvalue weighted by atomic mass is 16.6. The van der Waals surface area contributed by atoms with E-state index in [9.17, 15) is 9.59 Å². The van der Waals surface area contributed by atoms with Crippen LogP contribution in [0.1, 0.15) is 41.3 Å². The van der Waals surface area contributed by atoms with E-state index < -0.39 is 29.2 Å². The third-order valence-electron chi connectivity index (χ3n) is 7.72. The first kappa shape index (κ1) is 29.7. The first-order chi connectivity index (χ1) is 20.4. The maximum absolute atomic E-state index is 12.7. The van der Waals surface area contributed by atoms with Crippen LogP contribution in [0.15, 0.2) is 107 Å². The molecule has 5 rings (SSSR count). The van der Waals surface area contributed by atoms with Crippen LogP contribution in [0.3, 0.4) is 0 Å². The van der Waals surface area contributed by atoms with E-state index >= 15 is 0 Å². The number of aromatic nitrogens is 2. The number of H-pyrrole nitrogens is 1. The molecular formula is C34H39N3O5. The van der Waals surface area contributed by atoms with Crippen LogP contribution in [0.25, 0.3) is 0 Å². The number of rotatable bonds is 12. The second kappa shape index (κ2) is 13.4. The van der Waals surface area contributed by atoms with Crippen molar-refractivity contribution in [2.45, 2.75) is 43.8 Å². The van der Waals surface area contributed by atoms with Crippen molar-refractivity contribution in [3.05, 3.63) is 140 Å². The molecule has 1 saturated heterocycles. The smallest absolute Gasteiger partial charge is 0.330 e. The molecule has 0 bridgehead atoms. The average molecular weight is 570 g/mol. The molecule has 0 spiro atoms. The van der Waals surface area contributed by atoms with Crippen molar-refractivity contribution in [1.82, 2.24) is 14.5 Å². The van der Waals surface area contributed by atoms with Gasteiger partial charge in [0.15, 0.2) is 0 Å². The van der Waals surface area contributed by atoms with Gasteiger partial charge in [-0.2, -0.15) is 0 Å². The number of benzene rings is 3. The van der Waals surface area contributed by atoms with Crippen molar-refractivity contribution in [3.63, 3.8) is 0 Å². The molecule has 1 N–H and O–H groups in total. The Bertz CT molecular complexity index is 1440. The Hall–Kier alpha value is -3.82. The van der Waals surface area contributed by atoms with Gasteiger partial charge in [-0.05, 0) is 50.7 Å². The summed E-state index contributed by atoms with van der Waals surface area (Å²) in [6.07, 6.45) is 1.51. The van der Waals surface area contributed by atoms with Crippen LogP contribution in [0, 0.1) is 6.92 Å². The van der Waals surface area contributed by atoms with Gasteiger partial charge in [-0.15, -0.1) is 0 Å². The quantitative estimate of drug-likeness (QED) is 0.200. The molecule has 1 aliphatic heterocycles. The Labute approximate surface area is 246 Å². The number of hydrogen-bond donors (Lipinski definition) is 1. The molecule has 3 aromatic carbocycles. The summed E-state index contributed by atoms with van der Waals surface area (Å²) in [7, 11) is 4.07. The molecule has 0 amide bonds. The summed E-state index contributed by atoms with van der Waals surface area (Å²) >= 11 is 0. The molecule has 3 atom stereocenters. The molecule has 1 fully saturated rings. The Morgan fingerprint density at radius 2 is 1.45 bits per heavy atom. The molecule has 1 aromatic heterocycles. The number of aromatic amines is 1. The van der Waals surface area contributed by atoms with Crippen LogP contribution < -0.4 is 11.2 Å². The third kappa shape index (κ3) is 6.47. The summed E-state index contributed by atoms with van der Waals surface area (Å²) < 4.78 is 21.4. The molecule has 8 heteroatoms. The molecular weight excluding hydrogens is 530 g/mol. The molecule has 0 aliphatic carbocycles. The molecule has 0 saturated carbocycles. The Balaban J connectivity index is 1.49. The number of hydrogen-bond acceptors (Lipinski definition) is 6. The van der Waals surface area contributed by atoms with Gasteiger partial charge in [0.2, 0.25) is 0 Å². The standard InChI is InChI=1S/C34H39N3O5/c1-25-23-37(33(39)35-32(25)38)31-22-29(40-21-13-20-36(2)3)30(42-31)24-41-34(26-14-7-4-8-15-26,27-16-9-5-10-17-27)28-18-11-6-12-19-28/h4-12,14-19,23,29-31H,13,20-22,24H2,1-3H3,(H,35,38,39)/t29-,30+,31+/m0/s1. The van der Waals surface area contributed by atoms with E-state index in [0.717, 1.165) is 29.7 Å². The predicted molar refractivity (Wildman–Crippen MR) is 163 cm³/mol. The Kier molecular flexibility index (Phi) is 9.49. The van der Waals surface area contributed by atoms with Crippen LogP contribution in [0.4, 0.5) is 0 Å². The lowest BCUT2D eigenvalue weighted by molar-refractivity contribution is -0.104. The van der Waals surface area contributed by atoms with Gasteiger partial charge in [-0.1, -0.05) is 91.0 Å². The van der Waals surface area contributed by atoms with E-state index in [1.807, 2.05) is 68.7 Å². The monoisotopic (exact) mass is 569 g/mol. The average Bonchev–Trinajstić information content (AvgIpc) is 3.41. The minimum Gasteiger partial charge on any atom is -0.375 e. The third-order valence-corrected chi connectivity index (χ3v) is 7.72. The van der Waals surface area contributed by atoms with Gasteiger partial charge in [0.1, 0.15) is 17.9 Å². The number of ether oxygens (including phenoxy) is 3. The minimum absolute atomic E-state index is 0.213. The fourth-order valence-electron chi connectivity index (χ4n) is 5.59. The van der Waals surface area contributed by atoms with Crippen LogP contribution in [0.5, 0.6) is 0 Å². The van der Waals surface area contributed by atoms with E-state index in [1.165, 1.54) is 4.57 Å². The maximum atomic E-state index is 12.7. The minimum atomic E-state index is -0.911. The summed E-state index contributed by atoms with van der Waals surface area (Å²) in [5.41, 5.74) is 1.61. The maximum Gasteiger partial charge on any atom is 0.330 e. The fraction of sp³-hybridized carbons (Fsp3) is 0.353. The lowest BCUT2D eigenvalue weighted by Crippen LogP contribution is -2.38. The molecule has 8 nitrogen and oxygen atoms in total. The predicted octanol–water partition coefficient (Wildman–Crippen LogP) is 4.48. The Morgan fingerprint density at radius 3 is 1.98 bits per heavy atom. The second-order valence-corrected chi connectivity index (χ2v) is 11.0. The lowest BCUT2D eigenvalue weighted by Gasteiger charge is -2.37. The largest absolute Gasteiger partial charge is 0.375 e. The molecule has 42 heavy (non-hydrogen) atoms. The summed E-state index contributed by atoms with van der Waals surface area (Å²) in [5, 5.41) is 0. The van der Waals surface area contributed by atoms with Crippen LogP contribution in [-0.2, 0) is 19.8 Å². The van der Waals surface area contributed by atoms with Crippen molar-refractivity contribution in [2.24, 2.45) is 0 Å². The molecule has 2 heterocycles. The van der Waals surface area contributed by atoms with Crippen molar-refractivity contribution >= 4 is 0 Å². The summed E-state index contributed by atoms with van der Waals surface area (Å²) in [6, 6.07) is 30.6. The molecule has 0 unspecified atom stereocenters. The van der Waals surface area contributed by atoms with E-state index in [0.29, 0.717) is 18.6 Å².